The second-order valence-corrected chi connectivity index (χ2v) is 3.10. The van der Waals surface area contributed by atoms with E-state index in [0.717, 1.165) is 5.69 Å². The molecule has 0 saturated carbocycles. The highest BCUT2D eigenvalue weighted by Crippen LogP contribution is 2.15. The maximum Gasteiger partial charge on any atom is 0.240 e. The lowest BCUT2D eigenvalue weighted by Crippen LogP contribution is -2.32. The topological polar surface area (TPSA) is 56.1 Å². The smallest absolute Gasteiger partial charge is 0.240 e. The molecule has 0 aliphatic carbocycles. The molecular formula is C10H9N3O. The minimum atomic E-state index is 0.0364. The van der Waals surface area contributed by atoms with Crippen molar-refractivity contribution in [2.45, 2.75) is 6.42 Å². The van der Waals surface area contributed by atoms with Gasteiger partial charge in [-0.25, -0.2) is 0 Å². The molecule has 1 fully saturated rings. The Morgan fingerprint density at radius 1 is 1.36 bits per heavy atom. The predicted molar refractivity (Wildman–Crippen MR) is 51.3 cm³/mol. The lowest BCUT2D eigenvalue weighted by atomic mass is 10.2. The number of hydrogen-bond acceptors (Lipinski definition) is 3. The molecule has 0 bridgehead atoms. The van der Waals surface area contributed by atoms with Gasteiger partial charge in [-0.1, -0.05) is 0 Å². The number of hydrazine groups is 1. The largest absolute Gasteiger partial charge is 0.285 e. The van der Waals surface area contributed by atoms with Crippen molar-refractivity contribution in [2.75, 3.05) is 11.6 Å². The van der Waals surface area contributed by atoms with E-state index in [1.807, 2.05) is 18.2 Å². The van der Waals surface area contributed by atoms with Gasteiger partial charge in [-0.05, 0) is 24.3 Å². The number of carbonyl (C=O) groups excluding carboxylic acids is 1. The third-order valence-electron chi connectivity index (χ3n) is 2.13. The highest BCUT2D eigenvalue weighted by Gasteiger charge is 2.17. The number of hydrogen-bond donors (Lipinski definition) is 1. The average Bonchev–Trinajstić information content (AvgIpc) is 2.65. The van der Waals surface area contributed by atoms with Crippen LogP contribution in [-0.2, 0) is 4.79 Å². The Labute approximate surface area is 81.7 Å². The van der Waals surface area contributed by atoms with Gasteiger partial charge in [-0.3, -0.25) is 15.2 Å². The molecule has 0 unspecified atom stereocenters. The lowest BCUT2D eigenvalue weighted by molar-refractivity contribution is -0.119. The molecule has 0 aromatic heterocycles. The minimum Gasteiger partial charge on any atom is -0.285 e. The van der Waals surface area contributed by atoms with Gasteiger partial charge in [0.1, 0.15) is 0 Å². The van der Waals surface area contributed by atoms with Gasteiger partial charge in [0, 0.05) is 13.0 Å². The summed E-state index contributed by atoms with van der Waals surface area (Å²) in [7, 11) is 0. The van der Waals surface area contributed by atoms with Gasteiger partial charge < -0.3 is 0 Å². The zero-order valence-electron chi connectivity index (χ0n) is 7.53. The number of nitrogens with zero attached hydrogens (tertiary/aromatic N) is 2. The summed E-state index contributed by atoms with van der Waals surface area (Å²) in [4.78, 5) is 10.9. The molecule has 1 N–H and O–H groups in total. The number of anilines is 1. The number of amides is 1. The number of nitriles is 1. The molecule has 0 atom stereocenters. The van der Waals surface area contributed by atoms with Gasteiger partial charge >= 0.3 is 0 Å². The molecule has 4 heteroatoms. The van der Waals surface area contributed by atoms with Crippen LogP contribution in [0.3, 0.4) is 0 Å². The molecular weight excluding hydrogens is 178 g/mol. The van der Waals surface area contributed by atoms with Gasteiger partial charge in [-0.15, -0.1) is 0 Å². The summed E-state index contributed by atoms with van der Waals surface area (Å²) in [5, 5.41) is 10.4. The summed E-state index contributed by atoms with van der Waals surface area (Å²) in [6.07, 6.45) is 0.528. The van der Waals surface area contributed by atoms with Crippen molar-refractivity contribution in [3.8, 4) is 6.07 Å². The van der Waals surface area contributed by atoms with Crippen molar-refractivity contribution in [3.63, 3.8) is 0 Å². The van der Waals surface area contributed by atoms with Gasteiger partial charge in [0.2, 0.25) is 5.91 Å². The van der Waals surface area contributed by atoms with Gasteiger partial charge in [0.05, 0.1) is 17.3 Å². The summed E-state index contributed by atoms with van der Waals surface area (Å²) in [5.74, 6) is 0.0364. The SMILES string of the molecule is N#Cc1ccc(N2CCC(=O)N2)cc1. The van der Waals surface area contributed by atoms with Gasteiger partial charge in [-0.2, -0.15) is 5.26 Å². The molecule has 2 rings (SSSR count). The van der Waals surface area contributed by atoms with E-state index in [1.165, 1.54) is 0 Å². The van der Waals surface area contributed by atoms with Crippen LogP contribution in [0.15, 0.2) is 24.3 Å². The molecule has 1 amide bonds. The average molecular weight is 187 g/mol. The van der Waals surface area contributed by atoms with E-state index in [4.69, 9.17) is 5.26 Å². The summed E-state index contributed by atoms with van der Waals surface area (Å²) in [5.41, 5.74) is 4.26. The Kier molecular flexibility index (Phi) is 2.07. The Bertz CT molecular complexity index is 391. The van der Waals surface area contributed by atoms with Crippen molar-refractivity contribution in [1.29, 1.82) is 5.26 Å². The normalized spacial score (nSPS) is 15.1. The summed E-state index contributed by atoms with van der Waals surface area (Å²) < 4.78 is 0. The van der Waals surface area contributed by atoms with Crippen molar-refractivity contribution < 1.29 is 4.79 Å². The molecule has 1 aromatic rings. The summed E-state index contributed by atoms with van der Waals surface area (Å²) in [6, 6.07) is 9.17. The molecule has 1 aliphatic rings. The maximum absolute atomic E-state index is 10.9. The molecule has 0 radical (unpaired) electrons. The Hall–Kier alpha value is -2.02. The van der Waals surface area contributed by atoms with Crippen LogP contribution in [0.25, 0.3) is 0 Å². The van der Waals surface area contributed by atoms with Crippen LogP contribution < -0.4 is 10.4 Å². The first-order valence-electron chi connectivity index (χ1n) is 4.37. The number of nitrogens with one attached hydrogen (secondary N) is 1. The summed E-state index contributed by atoms with van der Waals surface area (Å²) >= 11 is 0. The Morgan fingerprint density at radius 2 is 2.07 bits per heavy atom. The third kappa shape index (κ3) is 1.52. The monoisotopic (exact) mass is 187 g/mol. The fourth-order valence-corrected chi connectivity index (χ4v) is 1.39. The van der Waals surface area contributed by atoms with Crippen LogP contribution in [0.2, 0.25) is 0 Å². The second-order valence-electron chi connectivity index (χ2n) is 3.10. The van der Waals surface area contributed by atoms with E-state index in [9.17, 15) is 4.79 Å². The molecule has 4 nitrogen and oxygen atoms in total. The fraction of sp³-hybridized carbons (Fsp3) is 0.200. The van der Waals surface area contributed by atoms with Crippen LogP contribution in [0.5, 0.6) is 0 Å². The number of benzene rings is 1. The van der Waals surface area contributed by atoms with Crippen LogP contribution >= 0.6 is 0 Å². The van der Waals surface area contributed by atoms with Gasteiger partial charge in [0.25, 0.3) is 0 Å². The molecule has 1 saturated heterocycles. The van der Waals surface area contributed by atoms with E-state index in [0.29, 0.717) is 18.5 Å². The Balaban J connectivity index is 2.18. The minimum absolute atomic E-state index is 0.0364. The maximum atomic E-state index is 10.9. The highest BCUT2D eigenvalue weighted by molar-refractivity contribution is 5.81. The lowest BCUT2D eigenvalue weighted by Gasteiger charge is -2.16. The van der Waals surface area contributed by atoms with Crippen LogP contribution in [0, 0.1) is 11.3 Å². The quantitative estimate of drug-likeness (QED) is 0.707. The van der Waals surface area contributed by atoms with Crippen molar-refractivity contribution >= 4 is 11.6 Å². The Morgan fingerprint density at radius 3 is 2.57 bits per heavy atom. The van der Waals surface area contributed by atoms with E-state index in [-0.39, 0.29) is 5.91 Å². The first kappa shape index (κ1) is 8.57. The highest BCUT2D eigenvalue weighted by atomic mass is 16.2. The van der Waals surface area contributed by atoms with Crippen LogP contribution in [0.4, 0.5) is 5.69 Å². The third-order valence-corrected chi connectivity index (χ3v) is 2.13. The number of carbonyl (C=O) groups is 1. The van der Waals surface area contributed by atoms with E-state index in [2.05, 4.69) is 5.43 Å². The molecule has 0 spiro atoms. The van der Waals surface area contributed by atoms with Gasteiger partial charge in [0.15, 0.2) is 0 Å². The zero-order valence-corrected chi connectivity index (χ0v) is 7.53. The number of rotatable bonds is 1. The molecule has 1 aromatic carbocycles. The first-order valence-corrected chi connectivity index (χ1v) is 4.37. The fourth-order valence-electron chi connectivity index (χ4n) is 1.39. The van der Waals surface area contributed by atoms with Crippen LogP contribution in [-0.4, -0.2) is 12.5 Å². The standard InChI is InChI=1S/C10H9N3O/c11-7-8-1-3-9(4-2-8)13-6-5-10(14)12-13/h1-4H,5-6H2,(H,12,14). The van der Waals surface area contributed by atoms with E-state index >= 15 is 0 Å². The molecule has 70 valence electrons. The first-order chi connectivity index (χ1) is 6.79. The molecule has 1 heterocycles. The molecule has 1 aliphatic heterocycles. The van der Waals surface area contributed by atoms with E-state index < -0.39 is 0 Å². The predicted octanol–water partition coefficient (Wildman–Crippen LogP) is 0.800. The van der Waals surface area contributed by atoms with Crippen molar-refractivity contribution in [2.24, 2.45) is 0 Å². The van der Waals surface area contributed by atoms with E-state index in [1.54, 1.807) is 17.1 Å². The summed E-state index contributed by atoms with van der Waals surface area (Å²) in [6.45, 7) is 0.685. The molecule has 14 heavy (non-hydrogen) atoms. The van der Waals surface area contributed by atoms with Crippen LogP contribution in [0.1, 0.15) is 12.0 Å². The zero-order chi connectivity index (χ0) is 9.97. The second kappa shape index (κ2) is 3.38. The van der Waals surface area contributed by atoms with Crippen molar-refractivity contribution in [1.82, 2.24) is 5.43 Å². The van der Waals surface area contributed by atoms with Crippen molar-refractivity contribution in [3.05, 3.63) is 29.8 Å².